The van der Waals surface area contributed by atoms with Gasteiger partial charge in [0.1, 0.15) is 5.69 Å². The number of hydrogen-bond donors (Lipinski definition) is 1. The molecule has 0 aliphatic heterocycles. The van der Waals surface area contributed by atoms with Crippen molar-refractivity contribution in [2.45, 2.75) is 6.54 Å². The van der Waals surface area contributed by atoms with Crippen LogP contribution in [0, 0.1) is 0 Å². The quantitative estimate of drug-likeness (QED) is 0.893. The zero-order chi connectivity index (χ0) is 16.1. The number of hydrogen-bond acceptors (Lipinski definition) is 5. The summed E-state index contributed by atoms with van der Waals surface area (Å²) < 4.78 is 10.6. The van der Waals surface area contributed by atoms with Gasteiger partial charge >= 0.3 is 0 Å². The van der Waals surface area contributed by atoms with E-state index in [-0.39, 0.29) is 17.2 Å². The molecule has 0 spiro atoms. The van der Waals surface area contributed by atoms with Crippen LogP contribution in [-0.4, -0.2) is 42.3 Å². The van der Waals surface area contributed by atoms with E-state index in [9.17, 15) is 9.59 Å². The van der Waals surface area contributed by atoms with E-state index in [2.05, 4.69) is 10.2 Å². The maximum absolute atomic E-state index is 12.3. The number of carbonyl (C=O) groups excluding carboxylic acids is 1. The van der Waals surface area contributed by atoms with E-state index < -0.39 is 0 Å². The van der Waals surface area contributed by atoms with Gasteiger partial charge in [-0.1, -0.05) is 12.1 Å². The highest BCUT2D eigenvalue weighted by Crippen LogP contribution is 2.31. The Hall–Kier alpha value is -2.83. The smallest absolute Gasteiger partial charge is 0.274 e. The number of nitrogens with zero attached hydrogens (tertiary/aromatic N) is 2. The monoisotopic (exact) mass is 303 g/mol. The van der Waals surface area contributed by atoms with Crippen LogP contribution in [0.5, 0.6) is 11.5 Å². The molecule has 0 bridgehead atoms. The summed E-state index contributed by atoms with van der Waals surface area (Å²) in [5.74, 6) is 0.878. The number of ether oxygens (including phenoxy) is 2. The van der Waals surface area contributed by atoms with Gasteiger partial charge in [-0.15, -0.1) is 0 Å². The Kier molecular flexibility index (Phi) is 4.77. The molecule has 1 heterocycles. The highest BCUT2D eigenvalue weighted by Gasteiger charge is 2.17. The second-order valence-corrected chi connectivity index (χ2v) is 4.62. The molecule has 7 heteroatoms. The lowest BCUT2D eigenvalue weighted by Crippen LogP contribution is -2.28. The average Bonchev–Trinajstić information content (AvgIpc) is 2.54. The van der Waals surface area contributed by atoms with Crippen molar-refractivity contribution in [3.05, 3.63) is 51.9 Å². The number of carbonyl (C=O) groups is 1. The molecule has 116 valence electrons. The van der Waals surface area contributed by atoms with E-state index in [0.29, 0.717) is 18.0 Å². The number of rotatable bonds is 5. The molecule has 1 N–H and O–H groups in total. The minimum atomic E-state index is -0.353. The summed E-state index contributed by atoms with van der Waals surface area (Å²) in [7, 11) is 4.75. The minimum absolute atomic E-state index is 0.170. The molecule has 0 saturated carbocycles. The summed E-state index contributed by atoms with van der Waals surface area (Å²) in [6.07, 6.45) is 0. The van der Waals surface area contributed by atoms with Crippen LogP contribution < -0.4 is 15.0 Å². The number of aromatic nitrogens is 2. The van der Waals surface area contributed by atoms with Crippen molar-refractivity contribution in [3.8, 4) is 11.5 Å². The topological polar surface area (TPSA) is 84.5 Å². The van der Waals surface area contributed by atoms with Crippen LogP contribution in [0.3, 0.4) is 0 Å². The molecule has 0 atom stereocenters. The lowest BCUT2D eigenvalue weighted by atomic mass is 10.1. The molecule has 0 fully saturated rings. The van der Waals surface area contributed by atoms with Crippen molar-refractivity contribution in [3.63, 3.8) is 0 Å². The fourth-order valence-corrected chi connectivity index (χ4v) is 2.06. The molecule has 0 unspecified atom stereocenters. The number of methoxy groups -OCH3 is 2. The van der Waals surface area contributed by atoms with E-state index in [4.69, 9.17) is 9.47 Å². The maximum atomic E-state index is 12.3. The minimum Gasteiger partial charge on any atom is -0.493 e. The lowest BCUT2D eigenvalue weighted by Gasteiger charge is -2.19. The zero-order valence-corrected chi connectivity index (χ0v) is 12.6. The summed E-state index contributed by atoms with van der Waals surface area (Å²) in [5, 5.41) is 5.98. The van der Waals surface area contributed by atoms with E-state index in [1.807, 2.05) is 12.1 Å². The average molecular weight is 303 g/mol. The second kappa shape index (κ2) is 6.75. The van der Waals surface area contributed by atoms with E-state index in [1.54, 1.807) is 27.3 Å². The van der Waals surface area contributed by atoms with Gasteiger partial charge in [-0.2, -0.15) is 5.10 Å². The molecule has 22 heavy (non-hydrogen) atoms. The van der Waals surface area contributed by atoms with Crippen molar-refractivity contribution in [2.75, 3.05) is 21.3 Å². The van der Waals surface area contributed by atoms with Gasteiger partial charge in [-0.05, 0) is 12.1 Å². The molecule has 0 aliphatic carbocycles. The summed E-state index contributed by atoms with van der Waals surface area (Å²) >= 11 is 0. The van der Waals surface area contributed by atoms with Crippen LogP contribution in [0.1, 0.15) is 16.1 Å². The highest BCUT2D eigenvalue weighted by molar-refractivity contribution is 5.91. The van der Waals surface area contributed by atoms with Crippen molar-refractivity contribution in [1.82, 2.24) is 15.1 Å². The van der Waals surface area contributed by atoms with E-state index in [1.165, 1.54) is 17.0 Å². The fourth-order valence-electron chi connectivity index (χ4n) is 2.06. The van der Waals surface area contributed by atoms with E-state index in [0.717, 1.165) is 5.56 Å². The molecule has 1 aromatic heterocycles. The summed E-state index contributed by atoms with van der Waals surface area (Å²) in [5.41, 5.74) is 0.625. The third kappa shape index (κ3) is 3.25. The van der Waals surface area contributed by atoms with Crippen molar-refractivity contribution in [2.24, 2.45) is 0 Å². The van der Waals surface area contributed by atoms with E-state index >= 15 is 0 Å². The van der Waals surface area contributed by atoms with Crippen LogP contribution in [-0.2, 0) is 6.54 Å². The third-order valence-electron chi connectivity index (χ3n) is 3.14. The Morgan fingerprint density at radius 3 is 2.59 bits per heavy atom. The zero-order valence-electron chi connectivity index (χ0n) is 12.6. The van der Waals surface area contributed by atoms with Crippen molar-refractivity contribution < 1.29 is 14.3 Å². The Labute approximate surface area is 127 Å². The fraction of sp³-hybridized carbons (Fsp3) is 0.267. The van der Waals surface area contributed by atoms with Crippen LogP contribution in [0.2, 0.25) is 0 Å². The molecule has 1 amide bonds. The Morgan fingerprint density at radius 1 is 1.23 bits per heavy atom. The number of nitrogens with one attached hydrogen (secondary N) is 1. The van der Waals surface area contributed by atoms with Crippen molar-refractivity contribution in [1.29, 1.82) is 0 Å². The Morgan fingerprint density at radius 2 is 2.00 bits per heavy atom. The predicted molar refractivity (Wildman–Crippen MR) is 80.2 cm³/mol. The van der Waals surface area contributed by atoms with Gasteiger partial charge in [0, 0.05) is 25.2 Å². The predicted octanol–water partition coefficient (Wildman–Crippen LogP) is 1.06. The van der Waals surface area contributed by atoms with Gasteiger partial charge in [0.05, 0.1) is 14.2 Å². The van der Waals surface area contributed by atoms with Gasteiger partial charge in [0.15, 0.2) is 11.5 Å². The normalized spacial score (nSPS) is 10.1. The summed E-state index contributed by atoms with van der Waals surface area (Å²) in [6, 6.07) is 8.12. The maximum Gasteiger partial charge on any atom is 0.274 e. The Balaban J connectivity index is 2.21. The highest BCUT2D eigenvalue weighted by atomic mass is 16.5. The molecule has 0 aliphatic rings. The number of benzene rings is 1. The molecule has 0 radical (unpaired) electrons. The standard InChI is InChI=1S/C15H17N3O4/c1-18(15(20)11-7-8-13(19)17-16-11)9-10-5-4-6-12(21-2)14(10)22-3/h4-8H,9H2,1-3H3,(H,17,19). The SMILES string of the molecule is COc1cccc(CN(C)C(=O)c2ccc(=O)[nH]n2)c1OC. The number of para-hydroxylation sites is 1. The first-order chi connectivity index (χ1) is 10.6. The largest absolute Gasteiger partial charge is 0.493 e. The number of aromatic amines is 1. The van der Waals surface area contributed by atoms with Gasteiger partial charge in [-0.3, -0.25) is 9.59 Å². The van der Waals surface area contributed by atoms with Crippen LogP contribution in [0.25, 0.3) is 0 Å². The first kappa shape index (κ1) is 15.6. The molecular formula is C15H17N3O4. The molecule has 1 aromatic carbocycles. The van der Waals surface area contributed by atoms with Crippen LogP contribution in [0.15, 0.2) is 35.1 Å². The first-order valence-electron chi connectivity index (χ1n) is 6.58. The molecule has 7 nitrogen and oxygen atoms in total. The van der Waals surface area contributed by atoms with Gasteiger partial charge < -0.3 is 14.4 Å². The molecular weight excluding hydrogens is 286 g/mol. The first-order valence-corrected chi connectivity index (χ1v) is 6.58. The molecule has 2 aromatic rings. The van der Waals surface area contributed by atoms with Gasteiger partial charge in [0.25, 0.3) is 11.5 Å². The number of H-pyrrole nitrogens is 1. The molecule has 0 saturated heterocycles. The third-order valence-corrected chi connectivity index (χ3v) is 3.14. The summed E-state index contributed by atoms with van der Waals surface area (Å²) in [4.78, 5) is 24.8. The van der Waals surface area contributed by atoms with Crippen LogP contribution >= 0.6 is 0 Å². The van der Waals surface area contributed by atoms with Gasteiger partial charge in [0.2, 0.25) is 0 Å². The lowest BCUT2D eigenvalue weighted by molar-refractivity contribution is 0.0777. The van der Waals surface area contributed by atoms with Gasteiger partial charge in [-0.25, -0.2) is 5.10 Å². The summed E-state index contributed by atoms with van der Waals surface area (Å²) in [6.45, 7) is 0.319. The number of amides is 1. The van der Waals surface area contributed by atoms with Crippen LogP contribution in [0.4, 0.5) is 0 Å². The van der Waals surface area contributed by atoms with Crippen molar-refractivity contribution >= 4 is 5.91 Å². The molecule has 2 rings (SSSR count). The second-order valence-electron chi connectivity index (χ2n) is 4.62. The Bertz CT molecular complexity index is 706.